The highest BCUT2D eigenvalue weighted by molar-refractivity contribution is 5.30. The van der Waals surface area contributed by atoms with Crippen LogP contribution in [0.3, 0.4) is 0 Å². The first-order chi connectivity index (χ1) is 6.68. The molecule has 0 N–H and O–H groups in total. The summed E-state index contributed by atoms with van der Waals surface area (Å²) in [5.41, 5.74) is 4.76. The summed E-state index contributed by atoms with van der Waals surface area (Å²) >= 11 is 0. The molecule has 0 aliphatic heterocycles. The van der Waals surface area contributed by atoms with Gasteiger partial charge in [0, 0.05) is 18.4 Å². The smallest absolute Gasteiger partial charge is 0.0206 e. The Kier molecular flexibility index (Phi) is 2.66. The molecule has 0 atom stereocenters. The summed E-state index contributed by atoms with van der Waals surface area (Å²) in [4.78, 5) is 0. The molecule has 0 fully saturated rings. The predicted octanol–water partition coefficient (Wildman–Crippen LogP) is 3.10. The van der Waals surface area contributed by atoms with E-state index in [2.05, 4.69) is 31.5 Å². The van der Waals surface area contributed by atoms with E-state index in [0.29, 0.717) is 0 Å². The Morgan fingerprint density at radius 2 is 2.00 bits per heavy atom. The predicted molar refractivity (Wildman–Crippen MR) is 60.6 cm³/mol. The van der Waals surface area contributed by atoms with Crippen LogP contribution in [-0.4, -0.2) is 4.57 Å². The van der Waals surface area contributed by atoms with Crippen molar-refractivity contribution >= 4 is 0 Å². The SMILES string of the molecule is CC(C)Cc1cc2c(n1C)CCCC2. The maximum absolute atomic E-state index is 2.44. The van der Waals surface area contributed by atoms with Gasteiger partial charge in [0.15, 0.2) is 0 Å². The molecule has 0 bridgehead atoms. The molecule has 1 heteroatoms. The number of hydrogen-bond donors (Lipinski definition) is 0. The standard InChI is InChI=1S/C13H21N/c1-10(2)8-12-9-11-6-4-5-7-13(11)14(12)3/h9-10H,4-8H2,1-3H3. The fraction of sp³-hybridized carbons (Fsp3) is 0.692. The topological polar surface area (TPSA) is 4.93 Å². The number of aryl methyl sites for hydroxylation is 1. The second-order valence-corrected chi connectivity index (χ2v) is 4.97. The largest absolute Gasteiger partial charge is 0.351 e. The van der Waals surface area contributed by atoms with Crippen LogP contribution in [-0.2, 0) is 26.3 Å². The van der Waals surface area contributed by atoms with Crippen LogP contribution in [0.5, 0.6) is 0 Å². The minimum absolute atomic E-state index is 0.769. The zero-order valence-corrected chi connectivity index (χ0v) is 9.64. The van der Waals surface area contributed by atoms with Crippen LogP contribution in [0.2, 0.25) is 0 Å². The molecule has 0 saturated heterocycles. The van der Waals surface area contributed by atoms with Crippen molar-refractivity contribution in [1.82, 2.24) is 4.57 Å². The molecule has 1 aromatic heterocycles. The van der Waals surface area contributed by atoms with Gasteiger partial charge >= 0.3 is 0 Å². The van der Waals surface area contributed by atoms with Gasteiger partial charge < -0.3 is 4.57 Å². The van der Waals surface area contributed by atoms with Gasteiger partial charge in [-0.15, -0.1) is 0 Å². The number of rotatable bonds is 2. The van der Waals surface area contributed by atoms with Gasteiger partial charge in [-0.3, -0.25) is 0 Å². The van der Waals surface area contributed by atoms with Gasteiger partial charge in [0.05, 0.1) is 0 Å². The molecule has 0 aromatic carbocycles. The van der Waals surface area contributed by atoms with Gasteiger partial charge in [0.1, 0.15) is 0 Å². The maximum atomic E-state index is 2.44. The highest BCUT2D eigenvalue weighted by atomic mass is 15.0. The molecule has 0 spiro atoms. The number of fused-ring (bicyclic) bond motifs is 1. The van der Waals surface area contributed by atoms with Gasteiger partial charge in [0.2, 0.25) is 0 Å². The second-order valence-electron chi connectivity index (χ2n) is 4.97. The van der Waals surface area contributed by atoms with Crippen molar-refractivity contribution in [2.75, 3.05) is 0 Å². The van der Waals surface area contributed by atoms with Crippen molar-refractivity contribution in [2.24, 2.45) is 13.0 Å². The van der Waals surface area contributed by atoms with Gasteiger partial charge in [-0.25, -0.2) is 0 Å². The van der Waals surface area contributed by atoms with Crippen molar-refractivity contribution in [3.05, 3.63) is 23.0 Å². The highest BCUT2D eigenvalue weighted by Gasteiger charge is 2.15. The van der Waals surface area contributed by atoms with Gasteiger partial charge in [-0.05, 0) is 49.7 Å². The van der Waals surface area contributed by atoms with E-state index in [1.807, 2.05) is 0 Å². The highest BCUT2D eigenvalue weighted by Crippen LogP contribution is 2.25. The van der Waals surface area contributed by atoms with E-state index in [1.54, 1.807) is 11.3 Å². The van der Waals surface area contributed by atoms with E-state index >= 15 is 0 Å². The number of hydrogen-bond acceptors (Lipinski definition) is 0. The molecule has 1 aliphatic rings. The molecule has 0 saturated carbocycles. The first kappa shape index (κ1) is 9.82. The molecule has 0 radical (unpaired) electrons. The number of nitrogens with zero attached hydrogens (tertiary/aromatic N) is 1. The molecule has 1 aliphatic carbocycles. The molecule has 0 amide bonds. The monoisotopic (exact) mass is 191 g/mol. The van der Waals surface area contributed by atoms with E-state index in [1.165, 1.54) is 37.8 Å². The summed E-state index contributed by atoms with van der Waals surface area (Å²) < 4.78 is 2.44. The van der Waals surface area contributed by atoms with Gasteiger partial charge in [0.25, 0.3) is 0 Å². The van der Waals surface area contributed by atoms with Gasteiger partial charge in [-0.1, -0.05) is 13.8 Å². The summed E-state index contributed by atoms with van der Waals surface area (Å²) in [5.74, 6) is 0.769. The van der Waals surface area contributed by atoms with E-state index in [4.69, 9.17) is 0 Å². The molecular formula is C13H21N. The van der Waals surface area contributed by atoms with Crippen LogP contribution in [0.25, 0.3) is 0 Å². The summed E-state index contributed by atoms with van der Waals surface area (Å²) in [6, 6.07) is 2.44. The Morgan fingerprint density at radius 3 is 2.64 bits per heavy atom. The Hall–Kier alpha value is -0.720. The molecule has 2 rings (SSSR count). The summed E-state index contributed by atoms with van der Waals surface area (Å²) in [5, 5.41) is 0. The Bertz CT molecular complexity index is 320. The quantitative estimate of drug-likeness (QED) is 0.677. The molecule has 1 nitrogen and oxygen atoms in total. The van der Waals surface area contributed by atoms with Crippen molar-refractivity contribution in [2.45, 2.75) is 46.0 Å². The van der Waals surface area contributed by atoms with E-state index in [0.717, 1.165) is 5.92 Å². The third kappa shape index (κ3) is 1.73. The molecule has 0 unspecified atom stereocenters. The van der Waals surface area contributed by atoms with Crippen LogP contribution in [0.4, 0.5) is 0 Å². The first-order valence-corrected chi connectivity index (χ1v) is 5.85. The first-order valence-electron chi connectivity index (χ1n) is 5.85. The third-order valence-corrected chi connectivity index (χ3v) is 3.27. The molecular weight excluding hydrogens is 170 g/mol. The fourth-order valence-electron chi connectivity index (χ4n) is 2.54. The molecule has 78 valence electrons. The van der Waals surface area contributed by atoms with Crippen LogP contribution in [0.1, 0.15) is 43.6 Å². The summed E-state index contributed by atoms with van der Waals surface area (Å²) in [6.45, 7) is 4.60. The van der Waals surface area contributed by atoms with Gasteiger partial charge in [-0.2, -0.15) is 0 Å². The molecule has 14 heavy (non-hydrogen) atoms. The molecule has 1 aromatic rings. The average Bonchev–Trinajstić information content (AvgIpc) is 2.44. The van der Waals surface area contributed by atoms with Crippen LogP contribution >= 0.6 is 0 Å². The number of aromatic nitrogens is 1. The zero-order valence-electron chi connectivity index (χ0n) is 9.64. The lowest BCUT2D eigenvalue weighted by atomic mass is 9.98. The van der Waals surface area contributed by atoms with Crippen LogP contribution in [0.15, 0.2) is 6.07 Å². The maximum Gasteiger partial charge on any atom is 0.0206 e. The summed E-state index contributed by atoms with van der Waals surface area (Å²) in [7, 11) is 2.24. The van der Waals surface area contributed by atoms with Crippen molar-refractivity contribution in [3.8, 4) is 0 Å². The zero-order chi connectivity index (χ0) is 10.1. The molecule has 1 heterocycles. The third-order valence-electron chi connectivity index (χ3n) is 3.27. The Morgan fingerprint density at radius 1 is 1.29 bits per heavy atom. The fourth-order valence-corrected chi connectivity index (χ4v) is 2.54. The van der Waals surface area contributed by atoms with Crippen molar-refractivity contribution in [3.63, 3.8) is 0 Å². The lowest BCUT2D eigenvalue weighted by Gasteiger charge is -2.13. The van der Waals surface area contributed by atoms with E-state index in [-0.39, 0.29) is 0 Å². The van der Waals surface area contributed by atoms with Crippen molar-refractivity contribution in [1.29, 1.82) is 0 Å². The van der Waals surface area contributed by atoms with Crippen molar-refractivity contribution < 1.29 is 0 Å². The minimum Gasteiger partial charge on any atom is -0.351 e. The summed E-state index contributed by atoms with van der Waals surface area (Å²) in [6.07, 6.45) is 6.60. The van der Waals surface area contributed by atoms with Crippen LogP contribution < -0.4 is 0 Å². The Labute approximate surface area is 87.1 Å². The van der Waals surface area contributed by atoms with Crippen LogP contribution in [0, 0.1) is 5.92 Å². The normalized spacial score (nSPS) is 16.0. The second kappa shape index (κ2) is 3.80. The average molecular weight is 191 g/mol. The lowest BCUT2D eigenvalue weighted by molar-refractivity contribution is 0.598. The van der Waals surface area contributed by atoms with E-state index < -0.39 is 0 Å². The Balaban J connectivity index is 2.29. The minimum atomic E-state index is 0.769. The van der Waals surface area contributed by atoms with E-state index in [9.17, 15) is 0 Å². The lowest BCUT2D eigenvalue weighted by Crippen LogP contribution is -2.07.